The fourth-order valence-corrected chi connectivity index (χ4v) is 0.280. The molecule has 0 saturated carbocycles. The van der Waals surface area contributed by atoms with Crippen molar-refractivity contribution in [1.82, 2.24) is 0 Å². The smallest absolute Gasteiger partial charge is 0.216 e. The van der Waals surface area contributed by atoms with E-state index in [0.29, 0.717) is 6.61 Å². The molecule has 2 N–H and O–H groups in total. The molecule has 0 spiro atoms. The number of hydrogen-bond donors (Lipinski definition) is 1. The zero-order chi connectivity index (χ0) is 4.57. The van der Waals surface area contributed by atoms with E-state index < -0.39 is 6.36 Å². The lowest BCUT2D eigenvalue weighted by Gasteiger charge is -2.26. The minimum atomic E-state index is -1.19. The van der Waals surface area contributed by atoms with E-state index in [4.69, 9.17) is 5.73 Å². The molecular weight excluding hydrogens is 120 g/mol. The van der Waals surface area contributed by atoms with Crippen LogP contribution in [0.1, 0.15) is 0 Å². The summed E-state index contributed by atoms with van der Waals surface area (Å²) in [5, 5.41) is 0. The second kappa shape index (κ2) is 2.45. The van der Waals surface area contributed by atoms with Gasteiger partial charge >= 0.3 is 0 Å². The quantitative estimate of drug-likeness (QED) is 0.500. The van der Waals surface area contributed by atoms with Crippen molar-refractivity contribution in [3.63, 3.8) is 0 Å². The monoisotopic (exact) mass is 127 g/mol. The van der Waals surface area contributed by atoms with Crippen molar-refractivity contribution in [3.8, 4) is 0 Å². The molecule has 0 bridgehead atoms. The summed E-state index contributed by atoms with van der Waals surface area (Å²) in [6, 6.07) is -0.356. The molecular formula is C3H7ClFNO. The van der Waals surface area contributed by atoms with Crippen LogP contribution in [-0.2, 0) is 4.74 Å². The Morgan fingerprint density at radius 3 is 2.14 bits per heavy atom. The number of nitrogens with two attached hydrogens (primary N) is 1. The van der Waals surface area contributed by atoms with Crippen LogP contribution >= 0.6 is 12.4 Å². The van der Waals surface area contributed by atoms with Gasteiger partial charge in [0.1, 0.15) is 0 Å². The maximum Gasteiger partial charge on any atom is 0.216 e. The third kappa shape index (κ3) is 1.26. The number of halogens is 2. The fraction of sp³-hybridized carbons (Fsp3) is 1.00. The molecule has 4 heteroatoms. The highest BCUT2D eigenvalue weighted by atomic mass is 35.5. The summed E-state index contributed by atoms with van der Waals surface area (Å²) < 4.78 is 15.8. The zero-order valence-electron chi connectivity index (χ0n) is 3.63. The van der Waals surface area contributed by atoms with E-state index in [9.17, 15) is 4.39 Å². The summed E-state index contributed by atoms with van der Waals surface area (Å²) in [6.45, 7) is 0.376. The van der Waals surface area contributed by atoms with Crippen LogP contribution in [0, 0.1) is 0 Å². The van der Waals surface area contributed by atoms with Gasteiger partial charge in [-0.25, -0.2) is 4.39 Å². The Balaban J connectivity index is 0.000000360. The summed E-state index contributed by atoms with van der Waals surface area (Å²) in [7, 11) is 0. The molecule has 1 aliphatic rings. The van der Waals surface area contributed by atoms with Gasteiger partial charge in [-0.05, 0) is 0 Å². The number of alkyl halides is 1. The van der Waals surface area contributed by atoms with Gasteiger partial charge in [0.05, 0.1) is 12.6 Å². The van der Waals surface area contributed by atoms with Crippen LogP contribution in [0.5, 0.6) is 0 Å². The van der Waals surface area contributed by atoms with Crippen molar-refractivity contribution in [2.24, 2.45) is 5.73 Å². The molecule has 0 aromatic heterocycles. The Morgan fingerprint density at radius 2 is 2.14 bits per heavy atom. The highest BCUT2D eigenvalue weighted by Crippen LogP contribution is 2.09. The average molecular weight is 128 g/mol. The molecule has 0 aromatic rings. The first-order chi connectivity index (χ1) is 2.80. The third-order valence-electron chi connectivity index (χ3n) is 0.785. The molecule has 1 heterocycles. The molecule has 2 nitrogen and oxygen atoms in total. The van der Waals surface area contributed by atoms with E-state index in [0.717, 1.165) is 0 Å². The van der Waals surface area contributed by atoms with Crippen LogP contribution in [0.2, 0.25) is 0 Å². The highest BCUT2D eigenvalue weighted by molar-refractivity contribution is 5.85. The first-order valence-electron chi connectivity index (χ1n) is 1.82. The van der Waals surface area contributed by atoms with Gasteiger partial charge in [-0.15, -0.1) is 12.4 Å². The maximum atomic E-state index is 11.6. The molecule has 1 rings (SSSR count). The Kier molecular flexibility index (Phi) is 2.50. The molecule has 0 amide bonds. The second-order valence-corrected chi connectivity index (χ2v) is 1.35. The molecule has 1 saturated heterocycles. The lowest BCUT2D eigenvalue weighted by atomic mass is 10.3. The fourth-order valence-electron chi connectivity index (χ4n) is 0.280. The summed E-state index contributed by atoms with van der Waals surface area (Å²) in [5.41, 5.74) is 5.02. The third-order valence-corrected chi connectivity index (χ3v) is 0.785. The van der Waals surface area contributed by atoms with Crippen molar-refractivity contribution in [1.29, 1.82) is 0 Å². The standard InChI is InChI=1S/C3H6FNO.ClH/c4-3-2(5)1-6-3;/h2-3H,1,5H2;1H/t2-,3+;/m1./s1. The van der Waals surface area contributed by atoms with Crippen LogP contribution in [-0.4, -0.2) is 19.0 Å². The molecule has 1 fully saturated rings. The van der Waals surface area contributed by atoms with Gasteiger partial charge in [-0.1, -0.05) is 0 Å². The summed E-state index contributed by atoms with van der Waals surface area (Å²) in [5.74, 6) is 0. The van der Waals surface area contributed by atoms with Crippen molar-refractivity contribution in [2.75, 3.05) is 6.61 Å². The highest BCUT2D eigenvalue weighted by Gasteiger charge is 2.27. The molecule has 0 radical (unpaired) electrons. The van der Waals surface area contributed by atoms with Crippen LogP contribution in [0.4, 0.5) is 4.39 Å². The summed E-state index contributed by atoms with van der Waals surface area (Å²) in [4.78, 5) is 0. The van der Waals surface area contributed by atoms with E-state index >= 15 is 0 Å². The topological polar surface area (TPSA) is 35.2 Å². The van der Waals surface area contributed by atoms with E-state index in [2.05, 4.69) is 4.74 Å². The predicted octanol–water partition coefficient (Wildman–Crippen LogP) is 0.0613. The Bertz CT molecular complexity index is 54.9. The molecule has 1 aliphatic heterocycles. The van der Waals surface area contributed by atoms with Crippen molar-refractivity contribution in [3.05, 3.63) is 0 Å². The summed E-state index contributed by atoms with van der Waals surface area (Å²) >= 11 is 0. The van der Waals surface area contributed by atoms with Gasteiger partial charge in [0.2, 0.25) is 6.36 Å². The van der Waals surface area contributed by atoms with E-state index in [1.54, 1.807) is 0 Å². The van der Waals surface area contributed by atoms with Gasteiger partial charge in [-0.2, -0.15) is 0 Å². The zero-order valence-corrected chi connectivity index (χ0v) is 4.45. The van der Waals surface area contributed by atoms with Crippen LogP contribution in [0.3, 0.4) is 0 Å². The Hall–Kier alpha value is 0.140. The SMILES string of the molecule is Cl.N[C@@H]1CO[C@@H]1F. The van der Waals surface area contributed by atoms with E-state index in [1.165, 1.54) is 0 Å². The van der Waals surface area contributed by atoms with Gasteiger partial charge < -0.3 is 10.5 Å². The lowest BCUT2D eigenvalue weighted by Crippen LogP contribution is -2.48. The first-order valence-corrected chi connectivity index (χ1v) is 1.82. The van der Waals surface area contributed by atoms with Gasteiger partial charge in [-0.3, -0.25) is 0 Å². The van der Waals surface area contributed by atoms with Crippen LogP contribution < -0.4 is 5.73 Å². The van der Waals surface area contributed by atoms with Crippen LogP contribution in [0.15, 0.2) is 0 Å². The first kappa shape index (κ1) is 7.14. The lowest BCUT2D eigenvalue weighted by molar-refractivity contribution is -0.150. The molecule has 0 unspecified atom stereocenters. The maximum absolute atomic E-state index is 11.6. The Labute approximate surface area is 47.2 Å². The number of hydrogen-bond acceptors (Lipinski definition) is 2. The van der Waals surface area contributed by atoms with Crippen molar-refractivity contribution < 1.29 is 9.13 Å². The molecule has 0 aliphatic carbocycles. The summed E-state index contributed by atoms with van der Waals surface area (Å²) in [6.07, 6.45) is -1.19. The van der Waals surface area contributed by atoms with Gasteiger partial charge in [0.15, 0.2) is 0 Å². The molecule has 44 valence electrons. The van der Waals surface area contributed by atoms with Crippen molar-refractivity contribution in [2.45, 2.75) is 12.4 Å². The largest absolute Gasteiger partial charge is 0.345 e. The normalized spacial score (nSPS) is 38.6. The molecule has 7 heavy (non-hydrogen) atoms. The minimum absolute atomic E-state index is 0. The van der Waals surface area contributed by atoms with Crippen LogP contribution in [0.25, 0.3) is 0 Å². The average Bonchev–Trinajstić information content (AvgIpc) is 1.61. The Morgan fingerprint density at radius 1 is 1.71 bits per heavy atom. The number of ether oxygens (including phenoxy) is 1. The van der Waals surface area contributed by atoms with Gasteiger partial charge in [0.25, 0.3) is 0 Å². The van der Waals surface area contributed by atoms with E-state index in [1.807, 2.05) is 0 Å². The molecule has 0 aromatic carbocycles. The minimum Gasteiger partial charge on any atom is -0.345 e. The van der Waals surface area contributed by atoms with E-state index in [-0.39, 0.29) is 18.4 Å². The predicted molar refractivity (Wildman–Crippen MR) is 26.1 cm³/mol. The van der Waals surface area contributed by atoms with Gasteiger partial charge in [0, 0.05) is 0 Å². The number of rotatable bonds is 0. The second-order valence-electron chi connectivity index (χ2n) is 1.35. The van der Waals surface area contributed by atoms with Crippen molar-refractivity contribution >= 4 is 12.4 Å². The molecule has 2 atom stereocenters.